The quantitative estimate of drug-likeness (QED) is 0.402. The number of carbonyl (C=O) groups excluding carboxylic acids is 1. The van der Waals surface area contributed by atoms with E-state index in [0.29, 0.717) is 10.0 Å². The van der Waals surface area contributed by atoms with Crippen molar-refractivity contribution in [3.8, 4) is 16.3 Å². The van der Waals surface area contributed by atoms with Gasteiger partial charge in [0.1, 0.15) is 10.8 Å². The number of nitrogens with one attached hydrogen (secondary N) is 1. The second kappa shape index (κ2) is 9.29. The van der Waals surface area contributed by atoms with Gasteiger partial charge in [0, 0.05) is 10.6 Å². The summed E-state index contributed by atoms with van der Waals surface area (Å²) < 4.78 is 33.9. The van der Waals surface area contributed by atoms with Gasteiger partial charge in [-0.05, 0) is 37.3 Å². The number of nitrogens with zero attached hydrogens (tertiary/aromatic N) is 3. The molecule has 1 atom stereocenters. The van der Waals surface area contributed by atoms with Crippen LogP contribution < -0.4 is 14.4 Å². The maximum atomic E-state index is 13.4. The number of aromatic nitrogens is 2. The van der Waals surface area contributed by atoms with E-state index in [-0.39, 0.29) is 28.0 Å². The highest BCUT2D eigenvalue weighted by molar-refractivity contribution is 7.92. The molecule has 0 unspecified atom stereocenters. The Morgan fingerprint density at radius 1 is 1.09 bits per heavy atom. The lowest BCUT2D eigenvalue weighted by atomic mass is 10.2. The molecule has 1 N–H and O–H groups in total. The number of fused-ring (bicyclic) bond motifs is 1. The van der Waals surface area contributed by atoms with Crippen molar-refractivity contribution < 1.29 is 17.9 Å². The Morgan fingerprint density at radius 3 is 2.57 bits per heavy atom. The molecule has 0 saturated carbocycles. The van der Waals surface area contributed by atoms with E-state index in [1.807, 2.05) is 31.2 Å². The Labute approximate surface area is 211 Å². The highest BCUT2D eigenvalue weighted by Gasteiger charge is 2.38. The van der Waals surface area contributed by atoms with Gasteiger partial charge in [0.15, 0.2) is 6.10 Å². The number of rotatable bonds is 5. The SMILES string of the molecule is Cc1ccc(-c2nnc(NC(=O)[C@H]3CN(S(=O)(=O)c4ccccc4)c4cc(Cl)ccc4O3)s2)cc1. The number of aryl methyl sites for hydroxylation is 1. The topological polar surface area (TPSA) is 101 Å². The molecule has 0 spiro atoms. The molecule has 11 heteroatoms. The predicted octanol–water partition coefficient (Wildman–Crippen LogP) is 4.76. The van der Waals surface area contributed by atoms with E-state index in [1.165, 1.54) is 29.5 Å². The van der Waals surface area contributed by atoms with Crippen LogP contribution in [-0.4, -0.2) is 37.2 Å². The van der Waals surface area contributed by atoms with Crippen LogP contribution in [0.15, 0.2) is 77.7 Å². The summed E-state index contributed by atoms with van der Waals surface area (Å²) in [6.07, 6.45) is -1.12. The van der Waals surface area contributed by atoms with Crippen molar-refractivity contribution in [3.05, 3.63) is 83.4 Å². The first-order valence-corrected chi connectivity index (χ1v) is 13.2. The lowest BCUT2D eigenvalue weighted by Crippen LogP contribution is -2.48. The zero-order valence-corrected chi connectivity index (χ0v) is 20.8. The molecule has 0 aliphatic carbocycles. The fraction of sp³-hybridized carbons (Fsp3) is 0.125. The summed E-state index contributed by atoms with van der Waals surface area (Å²) in [5.41, 5.74) is 2.27. The van der Waals surface area contributed by atoms with Gasteiger partial charge >= 0.3 is 0 Å². The number of anilines is 2. The van der Waals surface area contributed by atoms with E-state index in [9.17, 15) is 13.2 Å². The van der Waals surface area contributed by atoms with Gasteiger partial charge in [-0.3, -0.25) is 14.4 Å². The van der Waals surface area contributed by atoms with Crippen molar-refractivity contribution in [2.24, 2.45) is 0 Å². The van der Waals surface area contributed by atoms with Crippen LogP contribution in [0.1, 0.15) is 5.56 Å². The molecule has 3 aromatic carbocycles. The minimum absolute atomic E-state index is 0.0962. The van der Waals surface area contributed by atoms with Crippen molar-refractivity contribution in [2.45, 2.75) is 17.9 Å². The highest BCUT2D eigenvalue weighted by atomic mass is 35.5. The lowest BCUT2D eigenvalue weighted by Gasteiger charge is -2.34. The van der Waals surface area contributed by atoms with Crippen LogP contribution in [0.25, 0.3) is 10.6 Å². The second-order valence-electron chi connectivity index (χ2n) is 7.84. The van der Waals surface area contributed by atoms with E-state index in [2.05, 4.69) is 15.5 Å². The molecule has 1 aliphatic heterocycles. The summed E-state index contributed by atoms with van der Waals surface area (Å²) >= 11 is 7.35. The van der Waals surface area contributed by atoms with Crippen molar-refractivity contribution in [2.75, 3.05) is 16.2 Å². The van der Waals surface area contributed by atoms with Crippen LogP contribution in [-0.2, 0) is 14.8 Å². The second-order valence-corrected chi connectivity index (χ2v) is 11.1. The normalized spacial score (nSPS) is 15.3. The summed E-state index contributed by atoms with van der Waals surface area (Å²) in [7, 11) is -3.98. The third-order valence-electron chi connectivity index (χ3n) is 5.37. The fourth-order valence-corrected chi connectivity index (χ4v) is 5.99. The molecule has 0 fully saturated rings. The molecule has 0 radical (unpaired) electrons. The molecule has 4 aromatic rings. The molecule has 8 nitrogen and oxygen atoms in total. The molecule has 0 saturated heterocycles. The standard InChI is InChI=1S/C24H19ClN4O4S2/c1-15-7-9-16(10-8-15)23-27-28-24(34-23)26-22(30)21-14-29(19-13-17(25)11-12-20(19)33-21)35(31,32)18-5-3-2-4-6-18/h2-13,21H,14H2,1H3,(H,26,28,30)/t21-/m1/s1. The molecule has 1 amide bonds. The molecular formula is C24H19ClN4O4S2. The maximum Gasteiger partial charge on any atom is 0.269 e. The first kappa shape index (κ1) is 23.3. The minimum Gasteiger partial charge on any atom is -0.476 e. The average Bonchev–Trinajstić information content (AvgIpc) is 3.32. The predicted molar refractivity (Wildman–Crippen MR) is 136 cm³/mol. The Morgan fingerprint density at radius 2 is 1.83 bits per heavy atom. The van der Waals surface area contributed by atoms with Crippen LogP contribution in [0.2, 0.25) is 5.02 Å². The van der Waals surface area contributed by atoms with Crippen LogP contribution in [0.4, 0.5) is 10.8 Å². The number of ether oxygens (including phenoxy) is 1. The molecule has 35 heavy (non-hydrogen) atoms. The fourth-order valence-electron chi connectivity index (χ4n) is 3.58. The molecule has 178 valence electrons. The van der Waals surface area contributed by atoms with Crippen LogP contribution in [0.5, 0.6) is 5.75 Å². The zero-order valence-electron chi connectivity index (χ0n) is 18.4. The summed E-state index contributed by atoms with van der Waals surface area (Å²) in [5.74, 6) is -0.302. The van der Waals surface area contributed by atoms with Gasteiger partial charge < -0.3 is 4.74 Å². The van der Waals surface area contributed by atoms with Crippen LogP contribution >= 0.6 is 22.9 Å². The van der Waals surface area contributed by atoms with Crippen molar-refractivity contribution in [3.63, 3.8) is 0 Å². The Balaban J connectivity index is 1.41. The highest BCUT2D eigenvalue weighted by Crippen LogP contribution is 2.39. The number of carbonyl (C=O) groups is 1. The summed E-state index contributed by atoms with van der Waals surface area (Å²) in [5, 5.41) is 12.2. The average molecular weight is 527 g/mol. The third kappa shape index (κ3) is 4.72. The van der Waals surface area contributed by atoms with E-state index < -0.39 is 22.0 Å². The van der Waals surface area contributed by atoms with Crippen LogP contribution in [0, 0.1) is 6.92 Å². The number of amides is 1. The van der Waals surface area contributed by atoms with E-state index >= 15 is 0 Å². The van der Waals surface area contributed by atoms with Crippen LogP contribution in [0.3, 0.4) is 0 Å². The van der Waals surface area contributed by atoms with Gasteiger partial charge in [-0.25, -0.2) is 8.42 Å². The van der Waals surface area contributed by atoms with Crippen molar-refractivity contribution in [1.82, 2.24) is 10.2 Å². The number of hydrogen-bond acceptors (Lipinski definition) is 7. The van der Waals surface area contributed by atoms with E-state index in [0.717, 1.165) is 15.4 Å². The molecule has 0 bridgehead atoms. The van der Waals surface area contributed by atoms with Gasteiger partial charge in [0.25, 0.3) is 15.9 Å². The van der Waals surface area contributed by atoms with Crippen molar-refractivity contribution >= 4 is 49.7 Å². The first-order valence-electron chi connectivity index (χ1n) is 10.6. The molecule has 2 heterocycles. The van der Waals surface area contributed by atoms with Crippen molar-refractivity contribution in [1.29, 1.82) is 0 Å². The Kier molecular flexibility index (Phi) is 6.18. The monoisotopic (exact) mass is 526 g/mol. The smallest absolute Gasteiger partial charge is 0.269 e. The van der Waals surface area contributed by atoms with Gasteiger partial charge in [-0.2, -0.15) is 0 Å². The summed E-state index contributed by atoms with van der Waals surface area (Å²) in [6, 6.07) is 20.4. The first-order chi connectivity index (χ1) is 16.8. The minimum atomic E-state index is -3.98. The number of hydrogen-bond donors (Lipinski definition) is 1. The molecule has 1 aliphatic rings. The number of benzene rings is 3. The van der Waals surface area contributed by atoms with E-state index in [1.54, 1.807) is 30.3 Å². The number of halogens is 1. The van der Waals surface area contributed by atoms with Gasteiger partial charge in [0.2, 0.25) is 5.13 Å². The maximum absolute atomic E-state index is 13.4. The van der Waals surface area contributed by atoms with E-state index in [4.69, 9.17) is 16.3 Å². The Bertz CT molecular complexity index is 1490. The van der Waals surface area contributed by atoms with Gasteiger partial charge in [-0.15, -0.1) is 10.2 Å². The zero-order chi connectivity index (χ0) is 24.6. The largest absolute Gasteiger partial charge is 0.476 e. The Hall–Kier alpha value is -3.47. The molecule has 5 rings (SSSR count). The summed E-state index contributed by atoms with van der Waals surface area (Å²) in [4.78, 5) is 13.2. The van der Waals surface area contributed by atoms with Gasteiger partial charge in [-0.1, -0.05) is 71.0 Å². The van der Waals surface area contributed by atoms with Gasteiger partial charge in [0.05, 0.1) is 17.1 Å². The third-order valence-corrected chi connectivity index (χ3v) is 8.28. The number of sulfonamides is 1. The molecular weight excluding hydrogens is 508 g/mol. The lowest BCUT2D eigenvalue weighted by molar-refractivity contribution is -0.122. The molecule has 1 aromatic heterocycles. The summed E-state index contributed by atoms with van der Waals surface area (Å²) in [6.45, 7) is 1.76.